The van der Waals surface area contributed by atoms with Crippen LogP contribution in [0.25, 0.3) is 11.4 Å². The lowest BCUT2D eigenvalue weighted by Gasteiger charge is -2.06. The zero-order valence-corrected chi connectivity index (χ0v) is 11.3. The maximum atomic E-state index is 5.23. The van der Waals surface area contributed by atoms with Gasteiger partial charge in [-0.15, -0.1) is 12.4 Å². The van der Waals surface area contributed by atoms with Gasteiger partial charge < -0.3 is 9.84 Å². The third-order valence-electron chi connectivity index (χ3n) is 2.43. The molecular weight excluding hydrogens is 252 g/mol. The number of rotatable bonds is 5. The summed E-state index contributed by atoms with van der Waals surface area (Å²) in [6.45, 7) is 5.07. The Balaban J connectivity index is 0.00000162. The lowest BCUT2D eigenvalue weighted by Crippen LogP contribution is -2.19. The van der Waals surface area contributed by atoms with Gasteiger partial charge in [-0.2, -0.15) is 4.98 Å². The molecule has 6 heteroatoms. The SMILES string of the molecule is CCCNC(C)c1nc(-c2cccnc2)no1.Cl. The first-order valence-corrected chi connectivity index (χ1v) is 5.78. The molecule has 0 saturated heterocycles. The lowest BCUT2D eigenvalue weighted by molar-refractivity contribution is 0.340. The van der Waals surface area contributed by atoms with Crippen molar-refractivity contribution in [3.8, 4) is 11.4 Å². The van der Waals surface area contributed by atoms with E-state index < -0.39 is 0 Å². The molecule has 0 spiro atoms. The number of nitrogens with one attached hydrogen (secondary N) is 1. The summed E-state index contributed by atoms with van der Waals surface area (Å²) >= 11 is 0. The molecule has 0 radical (unpaired) electrons. The molecule has 18 heavy (non-hydrogen) atoms. The smallest absolute Gasteiger partial charge is 0.243 e. The molecule has 1 atom stereocenters. The fourth-order valence-corrected chi connectivity index (χ4v) is 1.47. The number of aromatic nitrogens is 3. The molecule has 2 aromatic heterocycles. The second-order valence-electron chi connectivity index (χ2n) is 3.87. The van der Waals surface area contributed by atoms with Crippen LogP contribution in [0.15, 0.2) is 29.0 Å². The maximum absolute atomic E-state index is 5.23. The van der Waals surface area contributed by atoms with Crippen LogP contribution in [0.5, 0.6) is 0 Å². The summed E-state index contributed by atoms with van der Waals surface area (Å²) in [7, 11) is 0. The molecular formula is C12H17ClN4O. The van der Waals surface area contributed by atoms with E-state index in [0.29, 0.717) is 11.7 Å². The van der Waals surface area contributed by atoms with Gasteiger partial charge in [-0.1, -0.05) is 12.1 Å². The van der Waals surface area contributed by atoms with Crippen molar-refractivity contribution in [3.05, 3.63) is 30.4 Å². The quantitative estimate of drug-likeness (QED) is 0.903. The van der Waals surface area contributed by atoms with Gasteiger partial charge in [-0.3, -0.25) is 4.98 Å². The standard InChI is InChI=1S/C12H16N4O.ClH/c1-3-6-14-9(2)12-15-11(16-17-12)10-5-4-7-13-8-10;/h4-5,7-9,14H,3,6H2,1-2H3;1H. The number of hydrogen-bond donors (Lipinski definition) is 1. The summed E-state index contributed by atoms with van der Waals surface area (Å²) in [5.41, 5.74) is 0.866. The summed E-state index contributed by atoms with van der Waals surface area (Å²) in [5, 5.41) is 7.25. The molecule has 0 saturated carbocycles. The van der Waals surface area contributed by atoms with Gasteiger partial charge in [0.25, 0.3) is 0 Å². The highest BCUT2D eigenvalue weighted by Gasteiger charge is 2.14. The minimum atomic E-state index is 0. The van der Waals surface area contributed by atoms with Crippen LogP contribution >= 0.6 is 12.4 Å². The number of nitrogens with zero attached hydrogens (tertiary/aromatic N) is 3. The molecule has 0 fully saturated rings. The number of hydrogen-bond acceptors (Lipinski definition) is 5. The largest absolute Gasteiger partial charge is 0.337 e. The minimum Gasteiger partial charge on any atom is -0.337 e. The van der Waals surface area contributed by atoms with Crippen molar-refractivity contribution in [2.24, 2.45) is 0 Å². The summed E-state index contributed by atoms with van der Waals surface area (Å²) in [4.78, 5) is 8.38. The average Bonchev–Trinajstić information content (AvgIpc) is 2.86. The van der Waals surface area contributed by atoms with Crippen molar-refractivity contribution >= 4 is 12.4 Å². The summed E-state index contributed by atoms with van der Waals surface area (Å²) < 4.78 is 5.23. The molecule has 0 bridgehead atoms. The Bertz CT molecular complexity index is 460. The van der Waals surface area contributed by atoms with E-state index in [2.05, 4.69) is 27.4 Å². The number of pyridine rings is 1. The molecule has 1 N–H and O–H groups in total. The molecule has 5 nitrogen and oxygen atoms in total. The second-order valence-corrected chi connectivity index (χ2v) is 3.87. The molecule has 0 amide bonds. The van der Waals surface area contributed by atoms with Crippen LogP contribution in [0.4, 0.5) is 0 Å². The Morgan fingerprint density at radius 1 is 1.44 bits per heavy atom. The number of halogens is 1. The van der Waals surface area contributed by atoms with Crippen LogP contribution in [0.1, 0.15) is 32.2 Å². The maximum Gasteiger partial charge on any atom is 0.243 e. The highest BCUT2D eigenvalue weighted by molar-refractivity contribution is 5.85. The average molecular weight is 269 g/mol. The van der Waals surface area contributed by atoms with Crippen LogP contribution in [0.3, 0.4) is 0 Å². The normalized spacial score (nSPS) is 11.9. The summed E-state index contributed by atoms with van der Waals surface area (Å²) in [6.07, 6.45) is 4.52. The lowest BCUT2D eigenvalue weighted by atomic mass is 10.3. The van der Waals surface area contributed by atoms with Gasteiger partial charge in [0, 0.05) is 18.0 Å². The fourth-order valence-electron chi connectivity index (χ4n) is 1.47. The molecule has 0 aliphatic heterocycles. The summed E-state index contributed by atoms with van der Waals surface area (Å²) in [6, 6.07) is 3.84. The van der Waals surface area contributed by atoms with Gasteiger partial charge in [-0.05, 0) is 32.0 Å². The topological polar surface area (TPSA) is 63.8 Å². The predicted octanol–water partition coefficient (Wildman–Crippen LogP) is 2.61. The molecule has 0 aromatic carbocycles. The Morgan fingerprint density at radius 3 is 2.94 bits per heavy atom. The highest BCUT2D eigenvalue weighted by Crippen LogP contribution is 2.17. The zero-order valence-electron chi connectivity index (χ0n) is 10.5. The van der Waals surface area contributed by atoms with Crippen LogP contribution in [-0.2, 0) is 0 Å². The van der Waals surface area contributed by atoms with E-state index in [9.17, 15) is 0 Å². The van der Waals surface area contributed by atoms with E-state index in [1.807, 2.05) is 19.1 Å². The summed E-state index contributed by atoms with van der Waals surface area (Å²) in [5.74, 6) is 1.19. The molecule has 98 valence electrons. The fraction of sp³-hybridized carbons (Fsp3) is 0.417. The van der Waals surface area contributed by atoms with Crippen LogP contribution < -0.4 is 5.32 Å². The van der Waals surface area contributed by atoms with E-state index in [-0.39, 0.29) is 18.4 Å². The van der Waals surface area contributed by atoms with Crippen molar-refractivity contribution in [1.82, 2.24) is 20.4 Å². The molecule has 2 rings (SSSR count). The first kappa shape index (κ1) is 14.6. The second kappa shape index (κ2) is 7.08. The Morgan fingerprint density at radius 2 is 2.28 bits per heavy atom. The Labute approximate surface area is 112 Å². The molecule has 1 unspecified atom stereocenters. The zero-order chi connectivity index (χ0) is 12.1. The van der Waals surface area contributed by atoms with Crippen molar-refractivity contribution in [2.45, 2.75) is 26.3 Å². The van der Waals surface area contributed by atoms with E-state index in [1.165, 1.54) is 0 Å². The first-order chi connectivity index (χ1) is 8.31. The van der Waals surface area contributed by atoms with Crippen molar-refractivity contribution < 1.29 is 4.52 Å². The van der Waals surface area contributed by atoms with Crippen LogP contribution in [0.2, 0.25) is 0 Å². The Kier molecular flexibility index (Phi) is 5.74. The monoisotopic (exact) mass is 268 g/mol. The van der Waals surface area contributed by atoms with E-state index in [0.717, 1.165) is 18.5 Å². The van der Waals surface area contributed by atoms with Gasteiger partial charge >= 0.3 is 0 Å². The van der Waals surface area contributed by atoms with E-state index >= 15 is 0 Å². The van der Waals surface area contributed by atoms with Gasteiger partial charge in [0.05, 0.1) is 6.04 Å². The third-order valence-corrected chi connectivity index (χ3v) is 2.43. The van der Waals surface area contributed by atoms with Crippen molar-refractivity contribution in [3.63, 3.8) is 0 Å². The third kappa shape index (κ3) is 3.51. The van der Waals surface area contributed by atoms with Gasteiger partial charge in [0.1, 0.15) is 0 Å². The minimum absolute atomic E-state index is 0. The van der Waals surface area contributed by atoms with Crippen LogP contribution in [0, 0.1) is 0 Å². The van der Waals surface area contributed by atoms with E-state index in [4.69, 9.17) is 4.52 Å². The van der Waals surface area contributed by atoms with E-state index in [1.54, 1.807) is 12.4 Å². The van der Waals surface area contributed by atoms with Gasteiger partial charge in [0.2, 0.25) is 11.7 Å². The first-order valence-electron chi connectivity index (χ1n) is 5.78. The van der Waals surface area contributed by atoms with Crippen molar-refractivity contribution in [1.29, 1.82) is 0 Å². The molecule has 0 aliphatic carbocycles. The predicted molar refractivity (Wildman–Crippen MR) is 71.5 cm³/mol. The van der Waals surface area contributed by atoms with Gasteiger partial charge in [-0.25, -0.2) is 0 Å². The molecule has 0 aliphatic rings. The van der Waals surface area contributed by atoms with Gasteiger partial charge in [0.15, 0.2) is 0 Å². The van der Waals surface area contributed by atoms with Crippen molar-refractivity contribution in [2.75, 3.05) is 6.54 Å². The molecule has 2 heterocycles. The van der Waals surface area contributed by atoms with Crippen LogP contribution in [-0.4, -0.2) is 21.7 Å². The highest BCUT2D eigenvalue weighted by atomic mass is 35.5. The molecule has 2 aromatic rings. The Hall–Kier alpha value is -1.46.